The molecular formula is C86H121N21O22S2. The number of primary amides is 2. The lowest BCUT2D eigenvalue weighted by atomic mass is 10.00. The molecule has 2 aromatic heterocycles. The lowest BCUT2D eigenvalue weighted by Gasteiger charge is -2.36. The number of H-pyrrole nitrogens is 1. The number of likely N-dealkylation sites (N-methyl/N-ethyl adjacent to an activating group) is 3. The Kier molecular flexibility index (Phi) is 39.6. The number of rotatable bonds is 25. The topological polar surface area (TPSA) is 658 Å². The van der Waals surface area contributed by atoms with Crippen molar-refractivity contribution >= 4 is 150 Å². The number of carbonyl (C=O) groups excluding carboxylic acids is 17. The molecule has 714 valence electrons. The maximum Gasteiger partial charge on any atom is 0.248 e. The van der Waals surface area contributed by atoms with Crippen LogP contribution in [0.4, 0.5) is 0 Å². The van der Waals surface area contributed by atoms with Gasteiger partial charge in [-0.05, 0) is 104 Å². The number of unbranched alkanes of at least 4 members (excludes halogenated alkanes) is 2. The van der Waals surface area contributed by atoms with E-state index in [0.29, 0.717) is 58.7 Å². The Bertz CT molecular complexity index is 4920. The van der Waals surface area contributed by atoms with Gasteiger partial charge in [0.25, 0.3) is 0 Å². The van der Waals surface area contributed by atoms with Crippen molar-refractivity contribution in [3.8, 4) is 5.75 Å². The van der Waals surface area contributed by atoms with E-state index in [-0.39, 0.29) is 76.6 Å². The van der Waals surface area contributed by atoms with Gasteiger partial charge in [-0.25, -0.2) is 0 Å². The van der Waals surface area contributed by atoms with E-state index in [9.17, 15) is 83.1 Å². The van der Waals surface area contributed by atoms with Gasteiger partial charge in [-0.15, -0.1) is 23.1 Å². The number of nitrogens with zero attached hydrogens (tertiary/aromatic N) is 5. The summed E-state index contributed by atoms with van der Waals surface area (Å²) in [5.74, 6) is -18.7. The Morgan fingerprint density at radius 3 is 1.76 bits per heavy atom. The van der Waals surface area contributed by atoms with Crippen LogP contribution in [0.15, 0.2) is 84.4 Å². The molecular weight excluding hydrogens is 1740 g/mol. The fourth-order valence-electron chi connectivity index (χ4n) is 15.7. The average molecular weight is 1870 g/mol. The largest absolute Gasteiger partial charge is 0.508 e. The van der Waals surface area contributed by atoms with Gasteiger partial charge >= 0.3 is 0 Å². The maximum atomic E-state index is 15.7. The zero-order chi connectivity index (χ0) is 96.0. The molecule has 15 atom stereocenters. The Labute approximate surface area is 763 Å². The third-order valence-corrected chi connectivity index (χ3v) is 25.2. The first kappa shape index (κ1) is 104. The fraction of sp³-hybridized carbons (Fsp3) is 0.535. The van der Waals surface area contributed by atoms with Crippen molar-refractivity contribution in [2.45, 2.75) is 214 Å². The first-order valence-electron chi connectivity index (χ1n) is 43.3. The number of carbonyl (C=O) groups is 17. The van der Waals surface area contributed by atoms with Crippen molar-refractivity contribution in [3.63, 3.8) is 0 Å². The second-order valence-electron chi connectivity index (χ2n) is 32.7. The summed E-state index contributed by atoms with van der Waals surface area (Å²) in [6.45, 7) is 0.325. The third kappa shape index (κ3) is 29.0. The molecule has 5 aromatic rings. The van der Waals surface area contributed by atoms with Crippen LogP contribution in [-0.2, 0) is 101 Å². The van der Waals surface area contributed by atoms with Gasteiger partial charge in [0, 0.05) is 101 Å². The number of para-hydroxylation sites is 1. The number of aromatic amines is 1. The number of aromatic nitrogens is 1. The number of phenolic OH excluding ortho intramolecular Hbond substituents is 1. The molecule has 3 fully saturated rings. The standard InChI is InChI=1S/C86H121N21O22S2/c1-7-9-21-64-78(122)95-55(20-15-30-91-86(89)90)74(118)102-63(73(117)93-39-70(88)114)44-130-45-71(115)94-58(33-47-25-27-50(111)28-26-47)81(125)103(4)46(3)72(116)98-60(37-69(87)113)83(127)106-31-16-23-65(106)79(123)96-56(29-32-108)75(119)101-62(42-110)84(128)107-40-51(112)36-67(107)80(124)97-57(34-48-38-92-54-19-13-11-17-52(48)54)76(120)100-61(41-109)77(121)99-59(35-49-43-131-68-24-14-12-18-53(49)68)82(126)105(6)66(22-10-8-2)85(129)104(64)5/h11-14,17-19,24-28,38,43,46,51,55-67,92,108-112H,7-10,15-16,20-23,29-37,39-42,44-45H2,1-6H3,(H2,87,113)(H2,88,114)(H,93,117)(H,94,115)(H,95,122)(H,96,123)(H,97,124)(H,98,116)(H,99,121)(H,100,120)(H,101,119)(H,102,118)(H4,89,90,91)/t46-,51+,55-,56-,57-,58-,59-,60+,61-,62-,63-,64-,65-,66-,67-/m0/s1. The number of benzene rings is 3. The van der Waals surface area contributed by atoms with Crippen LogP contribution in [0.1, 0.15) is 121 Å². The second kappa shape index (κ2) is 50.0. The van der Waals surface area contributed by atoms with Crippen molar-refractivity contribution < 1.29 is 107 Å². The molecule has 5 heterocycles. The highest BCUT2D eigenvalue weighted by atomic mass is 32.2. The second-order valence-corrected chi connectivity index (χ2v) is 34.6. The van der Waals surface area contributed by atoms with Gasteiger partial charge in [-0.1, -0.05) is 88.1 Å². The molecule has 0 bridgehead atoms. The van der Waals surface area contributed by atoms with Crippen LogP contribution in [-0.4, -0.2) is 331 Å². The average Bonchev–Trinajstić information content (AvgIpc) is 1.58. The van der Waals surface area contributed by atoms with Gasteiger partial charge < -0.3 is 131 Å². The zero-order valence-corrected chi connectivity index (χ0v) is 75.5. The van der Waals surface area contributed by atoms with Gasteiger partial charge in [-0.3, -0.25) is 86.9 Å². The number of thiophene rings is 1. The number of amides is 17. The Balaban J connectivity index is 1.18. The number of phenols is 1. The summed E-state index contributed by atoms with van der Waals surface area (Å²) >= 11 is 2.08. The van der Waals surface area contributed by atoms with Crippen LogP contribution in [0.3, 0.4) is 0 Å². The van der Waals surface area contributed by atoms with Crippen LogP contribution < -0.4 is 75.7 Å². The minimum absolute atomic E-state index is 0.0172. The molecule has 24 N–H and O–H groups in total. The highest BCUT2D eigenvalue weighted by molar-refractivity contribution is 8.00. The van der Waals surface area contributed by atoms with Crippen LogP contribution in [0.5, 0.6) is 5.75 Å². The number of nitrogens with one attached hydrogen (secondary N) is 13. The lowest BCUT2D eigenvalue weighted by molar-refractivity contribution is -0.149. The summed E-state index contributed by atoms with van der Waals surface area (Å²) in [4.78, 5) is 255. The lowest BCUT2D eigenvalue weighted by Crippen LogP contribution is -2.62. The Hall–Kier alpha value is -12.6. The van der Waals surface area contributed by atoms with Gasteiger partial charge in [0.15, 0.2) is 5.96 Å². The SMILES string of the molecule is CCCC[C@H]1C(=O)N(C)[C@@H](CCCC)C(=O)N[C@@H](CCCNC(=N)N)C(=O)N[C@H](C(=O)NCC(N)=O)CSCC(=O)N[C@@H](Cc2ccc(O)cc2)C(=O)N(C)[C@@H](C)C(=O)N[C@H](CC(N)=O)C(=O)N2CCC[C@H]2C(=O)N[C@@H](CCO)C(=O)N[C@@H](CO)C(=O)N2C[C@H](O)C[C@H]2C(=O)N[C@@H](Cc2c[nH]c3ccccc23)C(=O)N[C@@H](CO)C(=O)N[C@@H](Cc2csc3ccccc23)C(=O)N1C. The van der Waals surface area contributed by atoms with Crippen molar-refractivity contribution in [1.82, 2.24) is 88.0 Å². The Morgan fingerprint density at radius 1 is 0.534 bits per heavy atom. The van der Waals surface area contributed by atoms with E-state index < -0.39 is 261 Å². The summed E-state index contributed by atoms with van der Waals surface area (Å²) in [6.07, 6.45) is -1.23. The summed E-state index contributed by atoms with van der Waals surface area (Å²) < 4.78 is 0.797. The Morgan fingerprint density at radius 2 is 1.09 bits per heavy atom. The molecule has 0 unspecified atom stereocenters. The number of thioether (sulfide) groups is 1. The number of aliphatic hydroxyl groups excluding tert-OH is 4. The predicted molar refractivity (Wildman–Crippen MR) is 480 cm³/mol. The summed E-state index contributed by atoms with van der Waals surface area (Å²) in [5.41, 5.74) is 18.7. The molecule has 3 saturated heterocycles. The normalized spacial score (nSPS) is 25.1. The molecule has 8 rings (SSSR count). The molecule has 3 aliphatic heterocycles. The molecule has 45 heteroatoms. The van der Waals surface area contributed by atoms with Gasteiger partial charge in [-0.2, -0.15) is 0 Å². The van der Waals surface area contributed by atoms with E-state index >= 15 is 24.0 Å². The summed E-state index contributed by atoms with van der Waals surface area (Å²) in [6, 6.07) is -3.25. The molecule has 0 radical (unpaired) electrons. The van der Waals surface area contributed by atoms with E-state index in [1.165, 1.54) is 63.7 Å². The number of nitrogens with two attached hydrogens (primary N) is 3. The summed E-state index contributed by atoms with van der Waals surface area (Å²) in [7, 11) is 3.86. The van der Waals surface area contributed by atoms with Gasteiger partial charge in [0.1, 0.15) is 90.3 Å². The molecule has 0 saturated carbocycles. The van der Waals surface area contributed by atoms with Crippen LogP contribution in [0.25, 0.3) is 21.0 Å². The minimum Gasteiger partial charge on any atom is -0.508 e. The van der Waals surface area contributed by atoms with Crippen molar-refractivity contribution in [3.05, 3.63) is 101 Å². The smallest absolute Gasteiger partial charge is 0.248 e. The van der Waals surface area contributed by atoms with E-state index in [4.69, 9.17) is 22.6 Å². The molecule has 3 aromatic carbocycles. The monoisotopic (exact) mass is 1860 g/mol. The molecule has 131 heavy (non-hydrogen) atoms. The number of hydrogen-bond acceptors (Lipinski definition) is 25. The van der Waals surface area contributed by atoms with E-state index in [2.05, 4.69) is 63.5 Å². The zero-order valence-electron chi connectivity index (χ0n) is 73.9. The molecule has 43 nitrogen and oxygen atoms in total. The summed E-state index contributed by atoms with van der Waals surface area (Å²) in [5, 5.41) is 92.6. The van der Waals surface area contributed by atoms with Gasteiger partial charge in [0.2, 0.25) is 100 Å². The number of hydrogen-bond donors (Lipinski definition) is 21. The highest BCUT2D eigenvalue weighted by Crippen LogP contribution is 2.30. The van der Waals surface area contributed by atoms with Crippen molar-refractivity contribution in [2.75, 3.05) is 78.6 Å². The first-order chi connectivity index (χ1) is 62.4. The molecule has 3 aliphatic rings. The van der Waals surface area contributed by atoms with Crippen molar-refractivity contribution in [2.24, 2.45) is 17.2 Å². The number of guanidine groups is 1. The van der Waals surface area contributed by atoms with E-state index in [1.54, 1.807) is 54.0 Å². The quantitative estimate of drug-likeness (QED) is 0.0148. The molecule has 0 spiro atoms. The highest BCUT2D eigenvalue weighted by Gasteiger charge is 2.47. The maximum absolute atomic E-state index is 15.7. The predicted octanol–water partition coefficient (Wildman–Crippen LogP) is -4.83. The fourth-order valence-corrected chi connectivity index (χ4v) is 17.6. The van der Waals surface area contributed by atoms with Crippen LogP contribution >= 0.6 is 23.1 Å². The van der Waals surface area contributed by atoms with Crippen LogP contribution in [0, 0.1) is 5.41 Å². The number of aliphatic hydroxyl groups is 4. The van der Waals surface area contributed by atoms with E-state index in [1.807, 2.05) is 19.9 Å². The van der Waals surface area contributed by atoms with Crippen molar-refractivity contribution in [1.29, 1.82) is 5.41 Å². The van der Waals surface area contributed by atoms with Crippen LogP contribution in [0.2, 0.25) is 0 Å². The van der Waals surface area contributed by atoms with E-state index in [0.717, 1.165) is 41.0 Å². The molecule has 17 amide bonds. The third-order valence-electron chi connectivity index (χ3n) is 23.1. The minimum atomic E-state index is -1.94. The number of fused-ring (bicyclic) bond motifs is 4. The first-order valence-corrected chi connectivity index (χ1v) is 45.4. The molecule has 0 aliphatic carbocycles. The van der Waals surface area contributed by atoms with Gasteiger partial charge in [0.05, 0.1) is 38.0 Å². The number of aromatic hydroxyl groups is 1.